The summed E-state index contributed by atoms with van der Waals surface area (Å²) in [6.45, 7) is 41.6. The maximum absolute atomic E-state index is 4.04. The summed E-state index contributed by atoms with van der Waals surface area (Å²) in [6, 6.07) is 56.2. The van der Waals surface area contributed by atoms with Gasteiger partial charge in [-0.3, -0.25) is 0 Å². The first kappa shape index (κ1) is 70.3. The molecule has 12 rings (SSSR count). The van der Waals surface area contributed by atoms with Crippen molar-refractivity contribution >= 4 is 29.7 Å². The Morgan fingerprint density at radius 1 is 0.386 bits per heavy atom. The van der Waals surface area contributed by atoms with Gasteiger partial charge in [-0.1, -0.05) is 175 Å². The molecule has 0 amide bonds. The Labute approximate surface area is 571 Å². The molecule has 0 saturated heterocycles. The summed E-state index contributed by atoms with van der Waals surface area (Å²) in [7, 11) is 0. The summed E-state index contributed by atoms with van der Waals surface area (Å²) >= 11 is 2.92. The number of rotatable bonds is 6. The third-order valence-corrected chi connectivity index (χ3v) is 21.9. The predicted molar refractivity (Wildman–Crippen MR) is 364 cm³/mol. The van der Waals surface area contributed by atoms with Gasteiger partial charge < -0.3 is 24.8 Å². The molecule has 452 valence electrons. The Balaban J connectivity index is 0.000000175. The molecule has 6 aliphatic rings. The van der Waals surface area contributed by atoms with E-state index in [1.807, 2.05) is 0 Å². The van der Waals surface area contributed by atoms with Crippen LogP contribution in [-0.4, -0.2) is 6.41 Å². The van der Waals surface area contributed by atoms with E-state index in [4.69, 9.17) is 0 Å². The molecule has 88 heavy (non-hydrogen) atoms. The number of halogens is 2. The predicted octanol–water partition coefficient (Wildman–Crippen LogP) is 12.2. The van der Waals surface area contributed by atoms with Gasteiger partial charge in [-0.2, -0.15) is 35.5 Å². The Morgan fingerprint density at radius 3 is 0.909 bits per heavy atom. The van der Waals surface area contributed by atoms with Crippen molar-refractivity contribution in [1.29, 1.82) is 0 Å². The van der Waals surface area contributed by atoms with E-state index in [0.717, 1.165) is 12.8 Å². The molecule has 6 aromatic rings. The molecule has 0 bridgehead atoms. The maximum atomic E-state index is 4.04. The zero-order valence-electron chi connectivity index (χ0n) is 55.6. The monoisotopic (exact) mass is 1350 g/mol. The first-order valence-electron chi connectivity index (χ1n) is 31.0. The van der Waals surface area contributed by atoms with Crippen molar-refractivity contribution in [3.8, 4) is 0 Å². The second-order valence-corrected chi connectivity index (χ2v) is 31.1. The first-order chi connectivity index (χ1) is 40.5. The molecule has 0 aromatic heterocycles. The van der Waals surface area contributed by atoms with Gasteiger partial charge in [0.05, 0.1) is 0 Å². The number of benzene rings is 6. The third-order valence-electron chi connectivity index (χ3n) is 19.0. The van der Waals surface area contributed by atoms with Crippen LogP contribution in [-0.2, 0) is 59.3 Å². The van der Waals surface area contributed by atoms with Crippen molar-refractivity contribution in [3.63, 3.8) is 0 Å². The minimum atomic E-state index is -0.166. The molecule has 0 radical (unpaired) electrons. The normalized spacial score (nSPS) is 18.9. The number of fused-ring (bicyclic) bond motifs is 4. The molecule has 4 heteroatoms. The zero-order valence-corrected chi connectivity index (χ0v) is 62.1. The summed E-state index contributed by atoms with van der Waals surface area (Å²) in [5.41, 5.74) is 25.3. The third kappa shape index (κ3) is 14.4. The van der Waals surface area contributed by atoms with Gasteiger partial charge in [0.2, 0.25) is 0 Å². The molecule has 0 spiro atoms. The van der Waals surface area contributed by atoms with E-state index in [1.54, 1.807) is 0 Å². The van der Waals surface area contributed by atoms with Crippen LogP contribution < -0.4 is 45.7 Å². The van der Waals surface area contributed by atoms with Gasteiger partial charge in [-0.15, -0.1) is 23.3 Å². The van der Waals surface area contributed by atoms with Crippen molar-refractivity contribution < 1.29 is 73.3 Å². The first-order valence-corrected chi connectivity index (χ1v) is 33.5. The number of allylic oxidation sites excluding steroid dienone is 16. The van der Waals surface area contributed by atoms with Crippen molar-refractivity contribution in [3.05, 3.63) is 304 Å². The minimum absolute atomic E-state index is 0. The van der Waals surface area contributed by atoms with Crippen LogP contribution in [0.5, 0.6) is 0 Å². The van der Waals surface area contributed by atoms with Gasteiger partial charge >= 0.3 is 198 Å². The van der Waals surface area contributed by atoms with Gasteiger partial charge in [0.1, 0.15) is 0 Å². The SMILES string of the molecule is CC1=C(C)C(C)=C(C2(C(C)(C)C)[C-]=C3C=c4cc(C(C)(C)C)ccc4=C3C=C2)C1.CC1=C(C)C(C)=C(C2(C(C)(C)C)[C-]=C3C=c4cc(C(C)(C)C)ccc4=C3C=C2)C1.[Cl-].[Cl-].[Zr]=[C](c1ccccc1)c1ccccc1.[Zr]=[C](c1ccccc1)c1ccccc1. The summed E-state index contributed by atoms with van der Waals surface area (Å²) in [5.74, 6) is 0. The van der Waals surface area contributed by atoms with Gasteiger partial charge in [0.25, 0.3) is 0 Å². The molecule has 0 aliphatic heterocycles. The van der Waals surface area contributed by atoms with Gasteiger partial charge in [-0.25, -0.2) is 0 Å². The molecule has 2 unspecified atom stereocenters. The standard InChI is InChI=1S/2C29H35.2C13H10.2ClH.2Zr/c2*1-18-14-26(20(3)19(18)2)29(28(7,8)9)13-12-25-22(17-29)15-21-16-23(27(4,5)6)10-11-24(21)25;2*1-3-7-12(8-4-1)11-13-9-5-2-6-10-13;;;;/h2*10-13,15-16H,14H2,1-9H3;2*1-10H;2*1H;;/q2*-1;;;;;;/p-2. The van der Waals surface area contributed by atoms with E-state index < -0.39 is 0 Å². The second-order valence-electron chi connectivity index (χ2n) is 28.7. The van der Waals surface area contributed by atoms with Crippen LogP contribution in [0, 0.1) is 33.8 Å². The van der Waals surface area contributed by atoms with E-state index in [0.29, 0.717) is 0 Å². The van der Waals surface area contributed by atoms with Crippen molar-refractivity contribution in [2.45, 2.75) is 148 Å². The Kier molecular flexibility index (Phi) is 22.1. The Bertz CT molecular complexity index is 3830. The molecule has 6 aliphatic carbocycles. The van der Waals surface area contributed by atoms with E-state index in [9.17, 15) is 0 Å². The molecule has 0 heterocycles. The van der Waals surface area contributed by atoms with Crippen molar-refractivity contribution in [1.82, 2.24) is 0 Å². The van der Waals surface area contributed by atoms with E-state index >= 15 is 0 Å². The van der Waals surface area contributed by atoms with E-state index in [1.165, 1.54) is 176 Å². The van der Waals surface area contributed by atoms with Crippen LogP contribution in [0.1, 0.15) is 171 Å². The fourth-order valence-corrected chi connectivity index (χ4v) is 14.6. The molecule has 2 atom stereocenters. The van der Waals surface area contributed by atoms with Crippen LogP contribution in [0.3, 0.4) is 0 Å². The fraction of sp³-hybridized carbons (Fsp3) is 0.310. The molecule has 0 fully saturated rings. The van der Waals surface area contributed by atoms with Crippen LogP contribution in [0.2, 0.25) is 0 Å². The average molecular weight is 1350 g/mol. The molecular weight excluding hydrogens is 1260 g/mol. The van der Waals surface area contributed by atoms with Crippen LogP contribution in [0.4, 0.5) is 0 Å². The number of hydrogen-bond donors (Lipinski definition) is 0. The quantitative estimate of drug-likeness (QED) is 0.146. The van der Waals surface area contributed by atoms with Crippen molar-refractivity contribution in [2.24, 2.45) is 21.7 Å². The Hall–Kier alpha value is -5.19. The molecule has 0 N–H and O–H groups in total. The second kappa shape index (κ2) is 27.7. The van der Waals surface area contributed by atoms with Crippen LogP contribution in [0.25, 0.3) is 23.3 Å². The number of hydrogen-bond acceptors (Lipinski definition) is 0. The summed E-state index contributed by atoms with van der Waals surface area (Å²) in [6.07, 6.45) is 24.6. The van der Waals surface area contributed by atoms with Gasteiger partial charge in [-0.05, 0) is 120 Å². The summed E-state index contributed by atoms with van der Waals surface area (Å²) in [4.78, 5) is 0. The summed E-state index contributed by atoms with van der Waals surface area (Å²) < 4.78 is 2.83. The average Bonchev–Trinajstić information content (AvgIpc) is 2.14. The summed E-state index contributed by atoms with van der Waals surface area (Å²) in [5, 5.41) is 5.38. The fourth-order valence-electron chi connectivity index (χ4n) is 12.9. The topological polar surface area (TPSA) is 0 Å². The van der Waals surface area contributed by atoms with Gasteiger partial charge in [0, 0.05) is 0 Å². The van der Waals surface area contributed by atoms with E-state index in [2.05, 4.69) is 331 Å². The van der Waals surface area contributed by atoms with Gasteiger partial charge in [0.15, 0.2) is 0 Å². The van der Waals surface area contributed by atoms with Crippen molar-refractivity contribution in [2.75, 3.05) is 0 Å². The molecule has 0 saturated carbocycles. The Morgan fingerprint density at radius 2 is 0.670 bits per heavy atom. The molecule has 0 nitrogen and oxygen atoms in total. The molecular formula is C84H90Cl2Zr2-4. The van der Waals surface area contributed by atoms with E-state index in [-0.39, 0.29) is 57.3 Å². The zero-order chi connectivity index (χ0) is 62.3. The van der Waals surface area contributed by atoms with Crippen LogP contribution >= 0.6 is 0 Å². The van der Waals surface area contributed by atoms with Crippen LogP contribution in [0.15, 0.2) is 238 Å². The molecule has 6 aromatic carbocycles.